The molecule has 1 aliphatic rings. The Hall–Kier alpha value is -2.53. The van der Waals surface area contributed by atoms with E-state index in [1.54, 1.807) is 24.3 Å². The Morgan fingerprint density at radius 3 is 2.76 bits per heavy atom. The lowest BCUT2D eigenvalue weighted by molar-refractivity contribution is -0.113. The van der Waals surface area contributed by atoms with Crippen molar-refractivity contribution in [2.75, 3.05) is 18.2 Å². The number of aromatic nitrogens is 3. The second-order valence-electron chi connectivity index (χ2n) is 8.61. The summed E-state index contributed by atoms with van der Waals surface area (Å²) < 4.78 is 12.7. The molecule has 4 rings (SSSR count). The van der Waals surface area contributed by atoms with Gasteiger partial charge in [0.05, 0.1) is 23.4 Å². The Kier molecular flexibility index (Phi) is 10.1. The van der Waals surface area contributed by atoms with E-state index in [0.717, 1.165) is 42.5 Å². The molecule has 0 atom stereocenters. The lowest BCUT2D eigenvalue weighted by atomic mass is 9.96. The maximum absolute atomic E-state index is 12.9. The standard InChI is InChI=1S/C26H28Cl2N4O4S2/c1-3-12-32-21(14-36-19-13-16(27)10-11-18(19)28)30-31-26(32)37-15-22(33)29-24-23(25(34)35-2)17-8-6-4-5-7-9-20(17)38-24/h3,10-11,13H,1,4-9,12,14-15H2,2H3,(H,29,33). The number of rotatable bonds is 10. The SMILES string of the molecule is C=CCn1c(COc2cc(Cl)ccc2Cl)nnc1SCC(=O)Nc1sc2c(c1C(=O)OC)CCCCCC2. The number of fused-ring (bicyclic) bond motifs is 1. The van der Waals surface area contributed by atoms with Gasteiger partial charge in [-0.3, -0.25) is 9.36 Å². The van der Waals surface area contributed by atoms with Crippen LogP contribution in [0.15, 0.2) is 36.0 Å². The smallest absolute Gasteiger partial charge is 0.341 e. The van der Waals surface area contributed by atoms with Gasteiger partial charge in [0.25, 0.3) is 0 Å². The van der Waals surface area contributed by atoms with Crippen molar-refractivity contribution in [3.05, 3.63) is 62.7 Å². The Morgan fingerprint density at radius 1 is 1.21 bits per heavy atom. The first kappa shape index (κ1) is 28.5. The predicted molar refractivity (Wildman–Crippen MR) is 152 cm³/mol. The molecule has 0 spiro atoms. The first-order valence-corrected chi connectivity index (χ1v) is 14.7. The molecule has 0 unspecified atom stereocenters. The van der Waals surface area contributed by atoms with E-state index in [0.29, 0.717) is 43.9 Å². The van der Waals surface area contributed by atoms with E-state index < -0.39 is 5.97 Å². The minimum Gasteiger partial charge on any atom is -0.484 e. The second kappa shape index (κ2) is 13.5. The highest BCUT2D eigenvalue weighted by Crippen LogP contribution is 2.38. The Labute approximate surface area is 239 Å². The van der Waals surface area contributed by atoms with Gasteiger partial charge < -0.3 is 14.8 Å². The maximum Gasteiger partial charge on any atom is 0.341 e. The molecule has 0 radical (unpaired) electrons. The summed E-state index contributed by atoms with van der Waals surface area (Å²) in [6.45, 7) is 4.35. The van der Waals surface area contributed by atoms with E-state index in [-0.39, 0.29) is 18.3 Å². The molecule has 1 amide bonds. The summed E-state index contributed by atoms with van der Waals surface area (Å²) in [7, 11) is 1.37. The summed E-state index contributed by atoms with van der Waals surface area (Å²) in [6.07, 6.45) is 7.85. The summed E-state index contributed by atoms with van der Waals surface area (Å²) in [6, 6.07) is 4.97. The highest BCUT2D eigenvalue weighted by Gasteiger charge is 2.26. The van der Waals surface area contributed by atoms with Crippen LogP contribution in [0.2, 0.25) is 10.0 Å². The van der Waals surface area contributed by atoms with Gasteiger partial charge in [-0.15, -0.1) is 28.1 Å². The largest absolute Gasteiger partial charge is 0.484 e. The number of hydrogen-bond donors (Lipinski definition) is 1. The number of carbonyl (C=O) groups is 2. The third-order valence-electron chi connectivity index (χ3n) is 6.00. The van der Waals surface area contributed by atoms with Crippen molar-refractivity contribution in [3.63, 3.8) is 0 Å². The van der Waals surface area contributed by atoms with Crippen molar-refractivity contribution >= 4 is 63.2 Å². The number of allylic oxidation sites excluding steroid dienone is 1. The van der Waals surface area contributed by atoms with Crippen LogP contribution in [0, 0.1) is 0 Å². The molecule has 3 aromatic rings. The van der Waals surface area contributed by atoms with Crippen LogP contribution in [0.3, 0.4) is 0 Å². The third kappa shape index (κ3) is 6.91. The third-order valence-corrected chi connectivity index (χ3v) is 8.72. The topological polar surface area (TPSA) is 95.3 Å². The molecule has 2 heterocycles. The summed E-state index contributed by atoms with van der Waals surface area (Å²) in [5.74, 6) is 0.411. The molecule has 0 bridgehead atoms. The zero-order valence-electron chi connectivity index (χ0n) is 20.9. The molecule has 202 valence electrons. The molecule has 0 saturated heterocycles. The number of benzene rings is 1. The number of thioether (sulfide) groups is 1. The number of methoxy groups -OCH3 is 1. The molecule has 0 saturated carbocycles. The lowest BCUT2D eigenvalue weighted by Crippen LogP contribution is -2.17. The average molecular weight is 596 g/mol. The van der Waals surface area contributed by atoms with E-state index in [4.69, 9.17) is 32.7 Å². The molecular formula is C26H28Cl2N4O4S2. The summed E-state index contributed by atoms with van der Waals surface area (Å²) in [4.78, 5) is 26.7. The first-order valence-electron chi connectivity index (χ1n) is 12.2. The highest BCUT2D eigenvalue weighted by atomic mass is 35.5. The van der Waals surface area contributed by atoms with E-state index in [9.17, 15) is 9.59 Å². The van der Waals surface area contributed by atoms with Gasteiger partial charge in [0.15, 0.2) is 11.0 Å². The number of halogens is 2. The van der Waals surface area contributed by atoms with Crippen LogP contribution in [0.1, 0.15) is 52.3 Å². The van der Waals surface area contributed by atoms with Crippen LogP contribution in [0.25, 0.3) is 0 Å². The van der Waals surface area contributed by atoms with E-state index in [1.807, 2.05) is 4.57 Å². The van der Waals surface area contributed by atoms with E-state index >= 15 is 0 Å². The predicted octanol–water partition coefficient (Wildman–Crippen LogP) is 6.59. The summed E-state index contributed by atoms with van der Waals surface area (Å²) in [5, 5.41) is 13.4. The van der Waals surface area contributed by atoms with Crippen LogP contribution in [0.4, 0.5) is 5.00 Å². The Morgan fingerprint density at radius 2 is 2.00 bits per heavy atom. The zero-order valence-corrected chi connectivity index (χ0v) is 24.1. The van der Waals surface area contributed by atoms with Gasteiger partial charge >= 0.3 is 5.97 Å². The molecule has 0 aliphatic heterocycles. The average Bonchev–Trinajstić information content (AvgIpc) is 3.43. The molecular weight excluding hydrogens is 567 g/mol. The van der Waals surface area contributed by atoms with Crippen molar-refractivity contribution in [1.29, 1.82) is 0 Å². The van der Waals surface area contributed by atoms with Crippen molar-refractivity contribution < 1.29 is 19.1 Å². The number of esters is 1. The molecule has 1 aromatic carbocycles. The van der Waals surface area contributed by atoms with Gasteiger partial charge in [0.1, 0.15) is 17.4 Å². The van der Waals surface area contributed by atoms with Crippen LogP contribution in [-0.4, -0.2) is 39.5 Å². The minimum atomic E-state index is -0.416. The molecule has 2 aromatic heterocycles. The van der Waals surface area contributed by atoms with E-state index in [2.05, 4.69) is 22.1 Å². The van der Waals surface area contributed by atoms with Crippen LogP contribution in [-0.2, 0) is 35.5 Å². The van der Waals surface area contributed by atoms with E-state index in [1.165, 1.54) is 36.6 Å². The van der Waals surface area contributed by atoms with Gasteiger partial charge in [-0.2, -0.15) is 0 Å². The highest BCUT2D eigenvalue weighted by molar-refractivity contribution is 7.99. The molecule has 8 nitrogen and oxygen atoms in total. The number of carbonyl (C=O) groups excluding carboxylic acids is 2. The van der Waals surface area contributed by atoms with Gasteiger partial charge in [0, 0.05) is 22.5 Å². The normalized spacial score (nSPS) is 13.2. The fourth-order valence-corrected chi connectivity index (χ4v) is 6.59. The molecule has 1 aliphatic carbocycles. The first-order chi connectivity index (χ1) is 18.4. The number of thiophene rings is 1. The quantitative estimate of drug-likeness (QED) is 0.161. The maximum atomic E-state index is 12.9. The van der Waals surface area contributed by atoms with Gasteiger partial charge in [-0.25, -0.2) is 4.79 Å². The number of nitrogens with zero attached hydrogens (tertiary/aromatic N) is 3. The number of ether oxygens (including phenoxy) is 2. The zero-order chi connectivity index (χ0) is 27.1. The van der Waals surface area contributed by atoms with Crippen LogP contribution < -0.4 is 10.1 Å². The molecule has 0 fully saturated rings. The van der Waals surface area contributed by atoms with Crippen molar-refractivity contribution in [3.8, 4) is 5.75 Å². The number of anilines is 1. The molecule has 1 N–H and O–H groups in total. The number of aryl methyl sites for hydroxylation is 1. The summed E-state index contributed by atoms with van der Waals surface area (Å²) in [5.41, 5.74) is 1.50. The van der Waals surface area contributed by atoms with Crippen LogP contribution >= 0.6 is 46.3 Å². The lowest BCUT2D eigenvalue weighted by Gasteiger charge is -2.11. The summed E-state index contributed by atoms with van der Waals surface area (Å²) >= 11 is 14.9. The molecule has 38 heavy (non-hydrogen) atoms. The fourth-order valence-electron chi connectivity index (χ4n) is 4.19. The van der Waals surface area contributed by atoms with Gasteiger partial charge in [-0.05, 0) is 43.4 Å². The van der Waals surface area contributed by atoms with Crippen molar-refractivity contribution in [2.45, 2.75) is 56.8 Å². The minimum absolute atomic E-state index is 0.0828. The van der Waals surface area contributed by atoms with Crippen molar-refractivity contribution in [1.82, 2.24) is 14.8 Å². The number of amides is 1. The van der Waals surface area contributed by atoms with Gasteiger partial charge in [-0.1, -0.05) is 53.9 Å². The Bertz CT molecular complexity index is 1320. The monoisotopic (exact) mass is 594 g/mol. The second-order valence-corrected chi connectivity index (χ2v) is 11.5. The Balaban J connectivity index is 1.44. The van der Waals surface area contributed by atoms with Crippen LogP contribution in [0.5, 0.6) is 5.75 Å². The van der Waals surface area contributed by atoms with Gasteiger partial charge in [0.2, 0.25) is 5.91 Å². The molecule has 12 heteroatoms. The fraction of sp³-hybridized carbons (Fsp3) is 0.385. The number of hydrogen-bond acceptors (Lipinski definition) is 8. The number of nitrogens with one attached hydrogen (secondary N) is 1. The van der Waals surface area contributed by atoms with Crippen molar-refractivity contribution in [2.24, 2.45) is 0 Å².